The number of H-pyrrole nitrogens is 1. The molecule has 0 saturated carbocycles. The maximum atomic E-state index is 12.2. The molecule has 4 heteroatoms. The van der Waals surface area contributed by atoms with Gasteiger partial charge in [0.1, 0.15) is 0 Å². The molecule has 20 heavy (non-hydrogen) atoms. The zero-order chi connectivity index (χ0) is 13.9. The monoisotopic (exact) mass is 282 g/mol. The zero-order valence-electron chi connectivity index (χ0n) is 10.8. The summed E-state index contributed by atoms with van der Waals surface area (Å²) in [5, 5.41) is 3.30. The normalized spacial score (nSPS) is 11.7. The second-order valence-electron chi connectivity index (χ2n) is 4.94. The molecule has 0 aliphatic carbocycles. The van der Waals surface area contributed by atoms with E-state index in [9.17, 15) is 4.79 Å². The van der Waals surface area contributed by atoms with Gasteiger partial charge in [0.05, 0.1) is 16.6 Å². The molecule has 0 atom stereocenters. The van der Waals surface area contributed by atoms with E-state index >= 15 is 0 Å². The van der Waals surface area contributed by atoms with Crippen LogP contribution < -0.4 is 5.56 Å². The van der Waals surface area contributed by atoms with Crippen LogP contribution in [0.3, 0.4) is 0 Å². The second kappa shape index (κ2) is 3.87. The quantitative estimate of drug-likeness (QED) is 0.523. The van der Waals surface area contributed by atoms with Crippen LogP contribution in [0.15, 0.2) is 47.3 Å². The van der Waals surface area contributed by atoms with E-state index in [4.69, 9.17) is 11.6 Å². The highest BCUT2D eigenvalue weighted by atomic mass is 35.5. The average Bonchev–Trinajstić information content (AvgIpc) is 2.72. The van der Waals surface area contributed by atoms with Gasteiger partial charge in [-0.1, -0.05) is 29.8 Å². The first-order valence-electron chi connectivity index (χ1n) is 6.35. The number of nitrogens with zero attached hydrogens (tertiary/aromatic N) is 1. The Hall–Kier alpha value is -2.26. The molecule has 98 valence electrons. The number of rotatable bonds is 0. The molecule has 3 nitrogen and oxygen atoms in total. The molecule has 0 amide bonds. The number of aromatic nitrogens is 2. The minimum Gasteiger partial charge on any atom is -0.342 e. The van der Waals surface area contributed by atoms with Crippen molar-refractivity contribution in [2.45, 2.75) is 0 Å². The van der Waals surface area contributed by atoms with Crippen molar-refractivity contribution in [2.75, 3.05) is 0 Å². The predicted octanol–water partition coefficient (Wildman–Crippen LogP) is 3.83. The summed E-state index contributed by atoms with van der Waals surface area (Å²) in [4.78, 5) is 15.2. The van der Waals surface area contributed by atoms with E-state index in [1.54, 1.807) is 0 Å². The Kier molecular flexibility index (Phi) is 2.24. The van der Waals surface area contributed by atoms with Crippen molar-refractivity contribution in [3.05, 3.63) is 57.8 Å². The van der Waals surface area contributed by atoms with Gasteiger partial charge in [-0.25, -0.2) is 0 Å². The Morgan fingerprint density at radius 2 is 1.80 bits per heavy atom. The van der Waals surface area contributed by atoms with Crippen molar-refractivity contribution in [3.63, 3.8) is 0 Å². The van der Waals surface area contributed by atoms with E-state index in [-0.39, 0.29) is 5.56 Å². The third-order valence-corrected chi connectivity index (χ3v) is 4.06. The lowest BCUT2D eigenvalue weighted by Crippen LogP contribution is -2.06. The summed E-state index contributed by atoms with van der Waals surface area (Å²) < 4.78 is 2.10. The van der Waals surface area contributed by atoms with Crippen molar-refractivity contribution in [1.29, 1.82) is 0 Å². The third-order valence-electron chi connectivity index (χ3n) is 3.83. The van der Waals surface area contributed by atoms with E-state index in [2.05, 4.69) is 9.55 Å². The number of fused-ring (bicyclic) bond motifs is 5. The summed E-state index contributed by atoms with van der Waals surface area (Å²) in [5.74, 6) is 0. The fraction of sp³-hybridized carbons (Fsp3) is 0.0625. The summed E-state index contributed by atoms with van der Waals surface area (Å²) >= 11 is 6.09. The molecule has 0 aliphatic heterocycles. The molecule has 0 saturated heterocycles. The maximum Gasteiger partial charge on any atom is 0.256 e. The van der Waals surface area contributed by atoms with Crippen LogP contribution in [-0.4, -0.2) is 9.55 Å². The molecule has 0 unspecified atom stereocenters. The predicted molar refractivity (Wildman–Crippen MR) is 83.6 cm³/mol. The molecule has 0 aliphatic rings. The number of hydrogen-bond donors (Lipinski definition) is 1. The third kappa shape index (κ3) is 1.38. The molecule has 2 aromatic heterocycles. The maximum absolute atomic E-state index is 12.2. The van der Waals surface area contributed by atoms with Crippen LogP contribution >= 0.6 is 11.6 Å². The van der Waals surface area contributed by atoms with E-state index in [0.29, 0.717) is 10.4 Å². The fourth-order valence-corrected chi connectivity index (χ4v) is 3.10. The summed E-state index contributed by atoms with van der Waals surface area (Å²) in [6.07, 6.45) is 0. The van der Waals surface area contributed by atoms with Crippen LogP contribution in [0.25, 0.3) is 32.7 Å². The Labute approximate surface area is 119 Å². The largest absolute Gasteiger partial charge is 0.342 e. The standard InChI is InChI=1S/C16H11ClN2O/c1-19-13-7-6-9(17)8-12(13)14-15(19)10-4-2-3-5-11(10)16(20)18-14/h2-8H,1H3,(H,18,20). The molecular formula is C16H11ClN2O. The van der Waals surface area contributed by atoms with E-state index in [0.717, 1.165) is 27.3 Å². The van der Waals surface area contributed by atoms with Crippen molar-refractivity contribution in [3.8, 4) is 0 Å². The molecule has 2 aromatic carbocycles. The number of nitrogens with one attached hydrogen (secondary N) is 1. The van der Waals surface area contributed by atoms with Gasteiger partial charge in [-0.2, -0.15) is 0 Å². The number of aryl methyl sites for hydroxylation is 1. The molecule has 0 spiro atoms. The van der Waals surface area contributed by atoms with E-state index in [1.807, 2.05) is 49.5 Å². The molecule has 0 fully saturated rings. The van der Waals surface area contributed by atoms with Gasteiger partial charge in [-0.05, 0) is 24.3 Å². The number of aromatic amines is 1. The number of pyridine rings is 1. The summed E-state index contributed by atoms with van der Waals surface area (Å²) in [5.41, 5.74) is 2.85. The summed E-state index contributed by atoms with van der Waals surface area (Å²) in [6, 6.07) is 13.4. The van der Waals surface area contributed by atoms with Gasteiger partial charge in [0, 0.05) is 28.2 Å². The number of hydrogen-bond acceptors (Lipinski definition) is 1. The summed E-state index contributed by atoms with van der Waals surface area (Å²) in [6.45, 7) is 0. The molecule has 4 rings (SSSR count). The highest BCUT2D eigenvalue weighted by Gasteiger charge is 2.13. The highest BCUT2D eigenvalue weighted by molar-refractivity contribution is 6.32. The minimum atomic E-state index is -0.0689. The molecule has 4 aromatic rings. The van der Waals surface area contributed by atoms with Gasteiger partial charge in [-0.3, -0.25) is 4.79 Å². The smallest absolute Gasteiger partial charge is 0.256 e. The first-order chi connectivity index (χ1) is 9.66. The van der Waals surface area contributed by atoms with Crippen molar-refractivity contribution in [1.82, 2.24) is 9.55 Å². The van der Waals surface area contributed by atoms with Crippen LogP contribution in [0, 0.1) is 0 Å². The molecule has 0 bridgehead atoms. The lowest BCUT2D eigenvalue weighted by atomic mass is 10.1. The lowest BCUT2D eigenvalue weighted by molar-refractivity contribution is 1.02. The van der Waals surface area contributed by atoms with Gasteiger partial charge in [0.25, 0.3) is 5.56 Å². The van der Waals surface area contributed by atoms with Gasteiger partial charge >= 0.3 is 0 Å². The molecule has 2 heterocycles. The first-order valence-corrected chi connectivity index (χ1v) is 6.73. The van der Waals surface area contributed by atoms with Crippen LogP contribution in [-0.2, 0) is 7.05 Å². The Morgan fingerprint density at radius 3 is 2.60 bits per heavy atom. The lowest BCUT2D eigenvalue weighted by Gasteiger charge is -2.02. The summed E-state index contributed by atoms with van der Waals surface area (Å²) in [7, 11) is 2.00. The van der Waals surface area contributed by atoms with Crippen molar-refractivity contribution >= 4 is 44.3 Å². The number of halogens is 1. The van der Waals surface area contributed by atoms with E-state index < -0.39 is 0 Å². The van der Waals surface area contributed by atoms with Gasteiger partial charge < -0.3 is 9.55 Å². The number of benzene rings is 2. The van der Waals surface area contributed by atoms with E-state index in [1.165, 1.54) is 0 Å². The van der Waals surface area contributed by atoms with Crippen LogP contribution in [0.2, 0.25) is 5.02 Å². The Bertz CT molecular complexity index is 1040. The van der Waals surface area contributed by atoms with Crippen molar-refractivity contribution < 1.29 is 0 Å². The Balaban J connectivity index is 2.41. The van der Waals surface area contributed by atoms with Crippen molar-refractivity contribution in [2.24, 2.45) is 7.05 Å². The van der Waals surface area contributed by atoms with Crippen LogP contribution in [0.5, 0.6) is 0 Å². The Morgan fingerprint density at radius 1 is 1.05 bits per heavy atom. The van der Waals surface area contributed by atoms with Gasteiger partial charge in [-0.15, -0.1) is 0 Å². The zero-order valence-corrected chi connectivity index (χ0v) is 11.5. The van der Waals surface area contributed by atoms with Gasteiger partial charge in [0.15, 0.2) is 0 Å². The van der Waals surface area contributed by atoms with Crippen LogP contribution in [0.1, 0.15) is 0 Å². The second-order valence-corrected chi connectivity index (χ2v) is 5.38. The van der Waals surface area contributed by atoms with Crippen LogP contribution in [0.4, 0.5) is 0 Å². The van der Waals surface area contributed by atoms with Gasteiger partial charge in [0.2, 0.25) is 0 Å². The minimum absolute atomic E-state index is 0.0689. The average molecular weight is 283 g/mol. The molecule has 0 radical (unpaired) electrons. The molecular weight excluding hydrogens is 272 g/mol. The first kappa shape index (κ1) is 11.6. The molecule has 1 N–H and O–H groups in total. The SMILES string of the molecule is Cn1c2ccc(Cl)cc2c2[nH]c(=O)c3ccccc3c21. The highest BCUT2D eigenvalue weighted by Crippen LogP contribution is 2.31. The topological polar surface area (TPSA) is 37.8 Å². The fourth-order valence-electron chi connectivity index (χ4n) is 2.93.